The monoisotopic (exact) mass is 203 g/mol. The van der Waals surface area contributed by atoms with Crippen LogP contribution in [0.1, 0.15) is 23.7 Å². The van der Waals surface area contributed by atoms with E-state index >= 15 is 0 Å². The second-order valence-electron chi connectivity index (χ2n) is 2.25. The molecule has 2 nitrogen and oxygen atoms in total. The number of hydrogen-bond donors (Lipinski definition) is 0. The minimum Gasteiger partial charge on any atom is -0.294 e. The topological polar surface area (TPSA) is 30.0 Å². The molecular weight excluding hydrogens is 197 g/mol. The standard InChI is InChI=1S/C8H7Cl2NO/c1-2-6(12)5-3-4-7(9)11-8(5)10/h3-4H,2H2,1H3. The van der Waals surface area contributed by atoms with E-state index < -0.39 is 0 Å². The molecule has 0 fully saturated rings. The van der Waals surface area contributed by atoms with Crippen molar-refractivity contribution in [3.63, 3.8) is 0 Å². The highest BCUT2D eigenvalue weighted by Crippen LogP contribution is 2.17. The van der Waals surface area contributed by atoms with E-state index in [1.165, 1.54) is 0 Å². The zero-order valence-corrected chi connectivity index (χ0v) is 7.99. The van der Waals surface area contributed by atoms with Crippen LogP contribution in [0.5, 0.6) is 0 Å². The molecule has 0 saturated carbocycles. The van der Waals surface area contributed by atoms with Crippen LogP contribution in [0.4, 0.5) is 0 Å². The molecule has 1 rings (SSSR count). The van der Waals surface area contributed by atoms with Crippen molar-refractivity contribution in [2.24, 2.45) is 0 Å². The maximum atomic E-state index is 11.2. The molecule has 0 atom stereocenters. The zero-order valence-electron chi connectivity index (χ0n) is 6.47. The third kappa shape index (κ3) is 1.96. The quantitative estimate of drug-likeness (QED) is 0.547. The summed E-state index contributed by atoms with van der Waals surface area (Å²) >= 11 is 11.2. The minimum absolute atomic E-state index is 0.0239. The number of pyridine rings is 1. The third-order valence-electron chi connectivity index (χ3n) is 1.44. The van der Waals surface area contributed by atoms with Crippen LogP contribution < -0.4 is 0 Å². The predicted octanol–water partition coefficient (Wildman–Crippen LogP) is 2.98. The largest absolute Gasteiger partial charge is 0.294 e. The molecule has 0 spiro atoms. The second-order valence-corrected chi connectivity index (χ2v) is 2.99. The van der Waals surface area contributed by atoms with Crippen LogP contribution in [0.3, 0.4) is 0 Å². The van der Waals surface area contributed by atoms with Gasteiger partial charge >= 0.3 is 0 Å². The van der Waals surface area contributed by atoms with Gasteiger partial charge in [-0.25, -0.2) is 4.98 Å². The van der Waals surface area contributed by atoms with Gasteiger partial charge in [0.05, 0.1) is 5.56 Å². The molecule has 1 aromatic heterocycles. The number of nitrogens with zero attached hydrogens (tertiary/aromatic N) is 1. The highest BCUT2D eigenvalue weighted by Gasteiger charge is 2.08. The number of hydrogen-bond acceptors (Lipinski definition) is 2. The van der Waals surface area contributed by atoms with Crippen molar-refractivity contribution >= 4 is 29.0 Å². The van der Waals surface area contributed by atoms with Crippen LogP contribution in [-0.4, -0.2) is 10.8 Å². The van der Waals surface area contributed by atoms with Crippen molar-refractivity contribution in [2.45, 2.75) is 13.3 Å². The summed E-state index contributed by atoms with van der Waals surface area (Å²) in [5.74, 6) is -0.0239. The normalized spacial score (nSPS) is 9.92. The first-order valence-corrected chi connectivity index (χ1v) is 4.26. The summed E-state index contributed by atoms with van der Waals surface area (Å²) in [7, 11) is 0. The lowest BCUT2D eigenvalue weighted by Crippen LogP contribution is -1.98. The Hall–Kier alpha value is -0.600. The fraction of sp³-hybridized carbons (Fsp3) is 0.250. The van der Waals surface area contributed by atoms with E-state index in [4.69, 9.17) is 23.2 Å². The van der Waals surface area contributed by atoms with Gasteiger partial charge in [-0.05, 0) is 12.1 Å². The molecule has 0 saturated heterocycles. The van der Waals surface area contributed by atoms with Crippen molar-refractivity contribution in [2.75, 3.05) is 0 Å². The molecule has 0 bridgehead atoms. The van der Waals surface area contributed by atoms with Gasteiger partial charge in [-0.2, -0.15) is 0 Å². The van der Waals surface area contributed by atoms with E-state index in [-0.39, 0.29) is 10.9 Å². The number of rotatable bonds is 2. The first-order valence-electron chi connectivity index (χ1n) is 3.50. The summed E-state index contributed by atoms with van der Waals surface area (Å²) < 4.78 is 0. The molecular formula is C8H7Cl2NO. The van der Waals surface area contributed by atoms with Crippen molar-refractivity contribution in [3.8, 4) is 0 Å². The number of Topliss-reactive ketones (excluding diaryl/α,β-unsaturated/α-hetero) is 1. The Morgan fingerprint density at radius 3 is 2.67 bits per heavy atom. The van der Waals surface area contributed by atoms with Gasteiger partial charge in [-0.15, -0.1) is 0 Å². The first-order chi connectivity index (χ1) is 5.65. The molecule has 0 aromatic carbocycles. The zero-order chi connectivity index (χ0) is 9.14. The van der Waals surface area contributed by atoms with Crippen LogP contribution in [0.25, 0.3) is 0 Å². The van der Waals surface area contributed by atoms with E-state index in [0.717, 1.165) is 0 Å². The molecule has 0 amide bonds. The molecule has 0 aliphatic carbocycles. The van der Waals surface area contributed by atoms with Gasteiger partial charge in [0.2, 0.25) is 0 Å². The van der Waals surface area contributed by atoms with Gasteiger partial charge in [0.25, 0.3) is 0 Å². The number of carbonyl (C=O) groups is 1. The van der Waals surface area contributed by atoms with Crippen molar-refractivity contribution in [1.82, 2.24) is 4.98 Å². The summed E-state index contributed by atoms with van der Waals surface area (Å²) in [5.41, 5.74) is 0.434. The lowest BCUT2D eigenvalue weighted by molar-refractivity contribution is 0.0988. The summed E-state index contributed by atoms with van der Waals surface area (Å²) in [6.45, 7) is 1.77. The molecule has 1 aromatic rings. The maximum absolute atomic E-state index is 11.2. The molecule has 4 heteroatoms. The SMILES string of the molecule is CCC(=O)c1ccc(Cl)nc1Cl. The van der Waals surface area contributed by atoms with E-state index in [0.29, 0.717) is 17.1 Å². The van der Waals surface area contributed by atoms with Gasteiger partial charge < -0.3 is 0 Å². The van der Waals surface area contributed by atoms with E-state index in [1.54, 1.807) is 19.1 Å². The van der Waals surface area contributed by atoms with Crippen LogP contribution in [0, 0.1) is 0 Å². The fourth-order valence-electron chi connectivity index (χ4n) is 0.811. The number of halogens is 2. The molecule has 64 valence electrons. The average Bonchev–Trinajstić information content (AvgIpc) is 2.03. The lowest BCUT2D eigenvalue weighted by atomic mass is 10.1. The summed E-state index contributed by atoms with van der Waals surface area (Å²) in [4.78, 5) is 14.9. The highest BCUT2D eigenvalue weighted by molar-refractivity contribution is 6.34. The molecule has 0 N–H and O–H groups in total. The van der Waals surface area contributed by atoms with Crippen molar-refractivity contribution < 1.29 is 4.79 Å². The van der Waals surface area contributed by atoms with Gasteiger partial charge in [0.1, 0.15) is 10.3 Å². The lowest BCUT2D eigenvalue weighted by Gasteiger charge is -1.99. The van der Waals surface area contributed by atoms with Crippen LogP contribution in [0.15, 0.2) is 12.1 Å². The van der Waals surface area contributed by atoms with Crippen molar-refractivity contribution in [3.05, 3.63) is 28.0 Å². The van der Waals surface area contributed by atoms with Gasteiger partial charge in [-0.1, -0.05) is 30.1 Å². The number of carbonyl (C=O) groups excluding carboxylic acids is 1. The molecule has 12 heavy (non-hydrogen) atoms. The molecule has 0 unspecified atom stereocenters. The Kier molecular flexibility index (Phi) is 3.06. The van der Waals surface area contributed by atoms with Gasteiger partial charge in [-0.3, -0.25) is 4.79 Å². The second kappa shape index (κ2) is 3.87. The Bertz CT molecular complexity index is 312. The Balaban J connectivity index is 3.09. The Morgan fingerprint density at radius 1 is 1.50 bits per heavy atom. The van der Waals surface area contributed by atoms with Gasteiger partial charge in [0.15, 0.2) is 5.78 Å². The van der Waals surface area contributed by atoms with Crippen LogP contribution in [0.2, 0.25) is 10.3 Å². The van der Waals surface area contributed by atoms with E-state index in [1.807, 2.05) is 0 Å². The maximum Gasteiger partial charge on any atom is 0.165 e. The molecule has 0 radical (unpaired) electrons. The third-order valence-corrected chi connectivity index (χ3v) is 1.93. The molecule has 0 aliphatic heterocycles. The highest BCUT2D eigenvalue weighted by atomic mass is 35.5. The average molecular weight is 204 g/mol. The van der Waals surface area contributed by atoms with Crippen LogP contribution in [-0.2, 0) is 0 Å². The smallest absolute Gasteiger partial charge is 0.165 e. The summed E-state index contributed by atoms with van der Waals surface area (Å²) in [6, 6.07) is 3.14. The van der Waals surface area contributed by atoms with E-state index in [9.17, 15) is 4.79 Å². The summed E-state index contributed by atoms with van der Waals surface area (Å²) in [5, 5.41) is 0.474. The molecule has 0 aliphatic rings. The van der Waals surface area contributed by atoms with Gasteiger partial charge in [0, 0.05) is 6.42 Å². The minimum atomic E-state index is -0.0239. The number of ketones is 1. The first kappa shape index (κ1) is 9.49. The number of aromatic nitrogens is 1. The predicted molar refractivity (Wildman–Crippen MR) is 48.9 cm³/mol. The van der Waals surface area contributed by atoms with Crippen molar-refractivity contribution in [1.29, 1.82) is 0 Å². The summed E-state index contributed by atoms with van der Waals surface area (Å²) in [6.07, 6.45) is 0.420. The molecule has 1 heterocycles. The van der Waals surface area contributed by atoms with Crippen LogP contribution >= 0.6 is 23.2 Å². The van der Waals surface area contributed by atoms with E-state index in [2.05, 4.69) is 4.98 Å². The Labute approximate surface area is 80.5 Å². The fourth-order valence-corrected chi connectivity index (χ4v) is 1.26. The Morgan fingerprint density at radius 2 is 2.17 bits per heavy atom.